The Balaban J connectivity index is 1.36. The van der Waals surface area contributed by atoms with E-state index in [1.807, 2.05) is 29.2 Å². The van der Waals surface area contributed by atoms with Crippen molar-refractivity contribution in [2.75, 3.05) is 39.5 Å². The molecule has 2 aliphatic rings. The molecule has 1 atom stereocenters. The van der Waals surface area contributed by atoms with Crippen LogP contribution in [0.3, 0.4) is 0 Å². The Bertz CT molecular complexity index is 775. The van der Waals surface area contributed by atoms with E-state index in [0.717, 1.165) is 32.5 Å². The van der Waals surface area contributed by atoms with Gasteiger partial charge in [0.1, 0.15) is 0 Å². The van der Waals surface area contributed by atoms with Gasteiger partial charge in [-0.05, 0) is 24.0 Å². The topological polar surface area (TPSA) is 50.8 Å². The van der Waals surface area contributed by atoms with Gasteiger partial charge in [-0.25, -0.2) is 4.79 Å². The third kappa shape index (κ3) is 4.98. The third-order valence-electron chi connectivity index (χ3n) is 6.15. The number of morpholine rings is 1. The van der Waals surface area contributed by atoms with Crippen LogP contribution >= 0.6 is 0 Å². The van der Waals surface area contributed by atoms with E-state index in [4.69, 9.17) is 9.47 Å². The second kappa shape index (κ2) is 9.42. The highest BCUT2D eigenvalue weighted by Gasteiger charge is 2.35. The summed E-state index contributed by atoms with van der Waals surface area (Å²) < 4.78 is 11.5. The van der Waals surface area contributed by atoms with E-state index in [-0.39, 0.29) is 17.6 Å². The van der Waals surface area contributed by atoms with Gasteiger partial charge in [0.05, 0.1) is 12.7 Å². The van der Waals surface area contributed by atoms with Crippen molar-refractivity contribution < 1.29 is 14.3 Å². The average Bonchev–Trinajstić information content (AvgIpc) is 2.79. The first kappa shape index (κ1) is 19.9. The zero-order valence-corrected chi connectivity index (χ0v) is 16.9. The van der Waals surface area contributed by atoms with Gasteiger partial charge in [0, 0.05) is 44.7 Å². The Hall–Kier alpha value is -2.37. The predicted octanol–water partition coefficient (Wildman–Crippen LogP) is 3.39. The average molecular weight is 395 g/mol. The summed E-state index contributed by atoms with van der Waals surface area (Å²) >= 11 is 0. The number of hydrogen-bond donors (Lipinski definition) is 1. The van der Waals surface area contributed by atoms with Crippen LogP contribution in [0.25, 0.3) is 0 Å². The molecule has 2 aromatic rings. The molecule has 2 aliphatic heterocycles. The molecule has 154 valence electrons. The summed E-state index contributed by atoms with van der Waals surface area (Å²) in [5, 5.41) is 3.22. The van der Waals surface area contributed by atoms with Crippen molar-refractivity contribution >= 4 is 6.03 Å². The van der Waals surface area contributed by atoms with Gasteiger partial charge in [0.2, 0.25) is 0 Å². The van der Waals surface area contributed by atoms with Crippen LogP contribution in [0.15, 0.2) is 60.7 Å². The molecule has 0 aromatic heterocycles. The molecule has 0 radical (unpaired) electrons. The molecule has 2 saturated heterocycles. The van der Waals surface area contributed by atoms with Crippen molar-refractivity contribution in [3.05, 3.63) is 71.8 Å². The fourth-order valence-electron chi connectivity index (χ4n) is 4.38. The summed E-state index contributed by atoms with van der Waals surface area (Å²) in [4.78, 5) is 14.8. The van der Waals surface area contributed by atoms with E-state index in [1.54, 1.807) is 0 Å². The molecule has 1 unspecified atom stereocenters. The zero-order valence-electron chi connectivity index (χ0n) is 16.9. The first-order valence-corrected chi connectivity index (χ1v) is 10.6. The highest BCUT2D eigenvalue weighted by Crippen LogP contribution is 2.34. The van der Waals surface area contributed by atoms with Crippen LogP contribution in [0, 0.1) is 0 Å². The molecule has 5 nitrogen and oxygen atoms in total. The van der Waals surface area contributed by atoms with Crippen molar-refractivity contribution in [1.82, 2.24) is 10.2 Å². The normalized spacial score (nSPS) is 21.5. The molecule has 2 amide bonds. The number of ether oxygens (including phenoxy) is 2. The van der Waals surface area contributed by atoms with Gasteiger partial charge in [-0.15, -0.1) is 0 Å². The number of urea groups is 1. The van der Waals surface area contributed by atoms with E-state index >= 15 is 0 Å². The Morgan fingerprint density at radius 1 is 1.00 bits per heavy atom. The maximum atomic E-state index is 12.9. The van der Waals surface area contributed by atoms with Crippen LogP contribution in [0.4, 0.5) is 4.79 Å². The molecule has 0 aliphatic carbocycles. The first-order chi connectivity index (χ1) is 14.3. The summed E-state index contributed by atoms with van der Waals surface area (Å²) in [6.45, 7) is 3.96. The lowest BCUT2D eigenvalue weighted by Crippen LogP contribution is -2.53. The number of rotatable bonds is 5. The number of benzene rings is 2. The first-order valence-electron chi connectivity index (χ1n) is 10.6. The lowest BCUT2D eigenvalue weighted by molar-refractivity contribution is -0.0138. The second-order valence-electron chi connectivity index (χ2n) is 8.05. The number of nitrogens with zero attached hydrogens (tertiary/aromatic N) is 1. The van der Waals surface area contributed by atoms with Crippen LogP contribution in [0.2, 0.25) is 0 Å². The summed E-state index contributed by atoms with van der Waals surface area (Å²) in [7, 11) is 0. The Morgan fingerprint density at radius 2 is 1.69 bits per heavy atom. The lowest BCUT2D eigenvalue weighted by Gasteiger charge is -2.39. The van der Waals surface area contributed by atoms with E-state index in [9.17, 15) is 4.79 Å². The minimum absolute atomic E-state index is 0.00756. The number of amides is 2. The Kier molecular flexibility index (Phi) is 6.47. The van der Waals surface area contributed by atoms with E-state index < -0.39 is 0 Å². The highest BCUT2D eigenvalue weighted by atomic mass is 16.5. The molecule has 0 spiro atoms. The van der Waals surface area contributed by atoms with Gasteiger partial charge in [-0.1, -0.05) is 60.7 Å². The van der Waals surface area contributed by atoms with Crippen molar-refractivity contribution in [1.29, 1.82) is 0 Å². The van der Waals surface area contributed by atoms with Gasteiger partial charge in [0.15, 0.2) is 0 Å². The lowest BCUT2D eigenvalue weighted by atomic mass is 9.74. The quantitative estimate of drug-likeness (QED) is 0.846. The van der Waals surface area contributed by atoms with Gasteiger partial charge in [-0.2, -0.15) is 0 Å². The van der Waals surface area contributed by atoms with Gasteiger partial charge in [0.25, 0.3) is 0 Å². The van der Waals surface area contributed by atoms with E-state index in [1.165, 1.54) is 11.1 Å². The second-order valence-corrected chi connectivity index (χ2v) is 8.05. The number of nitrogens with one attached hydrogen (secondary N) is 1. The van der Waals surface area contributed by atoms with E-state index in [2.05, 4.69) is 41.7 Å². The SMILES string of the molecule is O=C(NCC1(c2ccccc2)CCOCC1)N1CCOC(Cc2ccccc2)C1. The summed E-state index contributed by atoms with van der Waals surface area (Å²) in [6, 6.07) is 20.8. The third-order valence-corrected chi connectivity index (χ3v) is 6.15. The summed E-state index contributed by atoms with van der Waals surface area (Å²) in [5.41, 5.74) is 2.47. The van der Waals surface area contributed by atoms with Gasteiger partial charge in [-0.3, -0.25) is 0 Å². The molecule has 4 rings (SSSR count). The van der Waals surface area contributed by atoms with Crippen molar-refractivity contribution in [2.45, 2.75) is 30.8 Å². The predicted molar refractivity (Wildman–Crippen MR) is 113 cm³/mol. The van der Waals surface area contributed by atoms with Gasteiger partial charge >= 0.3 is 6.03 Å². The highest BCUT2D eigenvalue weighted by molar-refractivity contribution is 5.74. The van der Waals surface area contributed by atoms with E-state index in [0.29, 0.717) is 26.2 Å². The Morgan fingerprint density at radius 3 is 2.41 bits per heavy atom. The smallest absolute Gasteiger partial charge is 0.317 e. The molecule has 2 fully saturated rings. The van der Waals surface area contributed by atoms with Crippen LogP contribution < -0.4 is 5.32 Å². The molecular weight excluding hydrogens is 364 g/mol. The standard InChI is InChI=1S/C24H30N2O3/c27-23(26-13-16-29-22(18-26)17-20-7-3-1-4-8-20)25-19-24(11-14-28-15-12-24)21-9-5-2-6-10-21/h1-10,22H,11-19H2,(H,25,27). The van der Waals surface area contributed by atoms with Gasteiger partial charge < -0.3 is 19.7 Å². The summed E-state index contributed by atoms with van der Waals surface area (Å²) in [6.07, 6.45) is 2.73. The van der Waals surface area contributed by atoms with Crippen LogP contribution in [-0.4, -0.2) is 56.5 Å². The molecule has 1 N–H and O–H groups in total. The molecule has 2 aromatic carbocycles. The molecule has 0 saturated carbocycles. The minimum atomic E-state index is -0.0507. The van der Waals surface area contributed by atoms with Crippen molar-refractivity contribution in [3.63, 3.8) is 0 Å². The Labute approximate surface area is 173 Å². The monoisotopic (exact) mass is 394 g/mol. The van der Waals surface area contributed by atoms with Crippen molar-refractivity contribution in [2.24, 2.45) is 0 Å². The fraction of sp³-hybridized carbons (Fsp3) is 0.458. The van der Waals surface area contributed by atoms with Crippen LogP contribution in [-0.2, 0) is 21.3 Å². The molecule has 2 heterocycles. The minimum Gasteiger partial charge on any atom is -0.381 e. The fourth-order valence-corrected chi connectivity index (χ4v) is 4.38. The molecular formula is C24H30N2O3. The molecule has 0 bridgehead atoms. The maximum absolute atomic E-state index is 12.9. The number of carbonyl (C=O) groups is 1. The number of carbonyl (C=O) groups excluding carboxylic acids is 1. The number of hydrogen-bond acceptors (Lipinski definition) is 3. The maximum Gasteiger partial charge on any atom is 0.317 e. The molecule has 5 heteroatoms. The van der Waals surface area contributed by atoms with Crippen molar-refractivity contribution in [3.8, 4) is 0 Å². The van der Waals surface area contributed by atoms with Crippen LogP contribution in [0.5, 0.6) is 0 Å². The van der Waals surface area contributed by atoms with Crippen LogP contribution in [0.1, 0.15) is 24.0 Å². The summed E-state index contributed by atoms with van der Waals surface area (Å²) in [5.74, 6) is 0. The zero-order chi connectivity index (χ0) is 19.9. The largest absolute Gasteiger partial charge is 0.381 e. The molecule has 29 heavy (non-hydrogen) atoms.